The van der Waals surface area contributed by atoms with Crippen molar-refractivity contribution in [2.75, 3.05) is 18.4 Å². The van der Waals surface area contributed by atoms with Crippen molar-refractivity contribution >= 4 is 11.6 Å². The molecular formula is C17H27N2O2+. The largest absolute Gasteiger partial charge is 0.364 e. The van der Waals surface area contributed by atoms with E-state index in [0.29, 0.717) is 0 Å². The summed E-state index contributed by atoms with van der Waals surface area (Å²) >= 11 is 0. The van der Waals surface area contributed by atoms with E-state index >= 15 is 0 Å². The summed E-state index contributed by atoms with van der Waals surface area (Å²) in [5.41, 5.74) is 2.15. The summed E-state index contributed by atoms with van der Waals surface area (Å²) in [5, 5.41) is 3.02. The molecule has 1 amide bonds. The van der Waals surface area contributed by atoms with Gasteiger partial charge in [-0.2, -0.15) is 0 Å². The third-order valence-electron chi connectivity index (χ3n) is 4.20. The van der Waals surface area contributed by atoms with Gasteiger partial charge in [0.2, 0.25) is 0 Å². The topological polar surface area (TPSA) is 42.8 Å². The maximum atomic E-state index is 12.4. The Morgan fingerprint density at radius 3 is 2.38 bits per heavy atom. The van der Waals surface area contributed by atoms with Crippen LogP contribution in [0.15, 0.2) is 24.3 Å². The van der Waals surface area contributed by atoms with E-state index in [1.165, 1.54) is 10.5 Å². The zero-order chi connectivity index (χ0) is 15.4. The lowest BCUT2D eigenvalue weighted by molar-refractivity contribution is -0.928. The van der Waals surface area contributed by atoms with E-state index < -0.39 is 0 Å². The number of benzene rings is 1. The highest BCUT2D eigenvalue weighted by atomic mass is 16.5. The second-order valence-corrected chi connectivity index (χ2v) is 6.09. The lowest BCUT2D eigenvalue weighted by Gasteiger charge is -2.35. The molecule has 1 aromatic carbocycles. The molecule has 21 heavy (non-hydrogen) atoms. The Bertz CT molecular complexity index is 462. The zero-order valence-electron chi connectivity index (χ0n) is 13.5. The van der Waals surface area contributed by atoms with E-state index in [1.54, 1.807) is 0 Å². The molecule has 0 unspecified atom stereocenters. The van der Waals surface area contributed by atoms with Gasteiger partial charge in [0.05, 0.1) is 0 Å². The molecule has 1 aromatic rings. The van der Waals surface area contributed by atoms with Gasteiger partial charge in [-0.3, -0.25) is 4.79 Å². The Morgan fingerprint density at radius 2 is 1.86 bits per heavy atom. The van der Waals surface area contributed by atoms with Crippen LogP contribution in [0.4, 0.5) is 5.69 Å². The van der Waals surface area contributed by atoms with Gasteiger partial charge in [0.25, 0.3) is 5.91 Å². The number of amides is 1. The van der Waals surface area contributed by atoms with Crippen LogP contribution in [0.25, 0.3) is 0 Å². The molecule has 1 aliphatic heterocycles. The summed E-state index contributed by atoms with van der Waals surface area (Å²) in [6.07, 6.45) is 1.43. The number of hydrogen-bond acceptors (Lipinski definition) is 2. The molecule has 0 aromatic heterocycles. The van der Waals surface area contributed by atoms with Crippen molar-refractivity contribution in [2.45, 2.75) is 52.4 Å². The summed E-state index contributed by atoms with van der Waals surface area (Å²) in [6.45, 7) is 10.0. The number of carbonyl (C=O) groups excluding carboxylic acids is 1. The maximum Gasteiger partial charge on any atom is 0.282 e. The highest BCUT2D eigenvalue weighted by Crippen LogP contribution is 2.10. The van der Waals surface area contributed by atoms with Crippen LogP contribution in [0.2, 0.25) is 0 Å². The van der Waals surface area contributed by atoms with Crippen LogP contribution >= 0.6 is 0 Å². The summed E-state index contributed by atoms with van der Waals surface area (Å²) in [7, 11) is 0. The van der Waals surface area contributed by atoms with Crippen molar-refractivity contribution in [3.8, 4) is 0 Å². The minimum absolute atomic E-state index is 0.0651. The minimum Gasteiger partial charge on any atom is -0.364 e. The molecule has 2 rings (SSSR count). The van der Waals surface area contributed by atoms with Crippen molar-refractivity contribution in [1.82, 2.24) is 0 Å². The lowest BCUT2D eigenvalue weighted by Crippen LogP contribution is -3.19. The Morgan fingerprint density at radius 1 is 1.29 bits per heavy atom. The number of anilines is 1. The SMILES string of the molecule is CCc1ccc(NC(=O)[C@@H](C)[NH+]2C[C@@H](C)O[C@H](C)C2)cc1. The Labute approximate surface area is 127 Å². The second kappa shape index (κ2) is 7.05. The molecule has 2 N–H and O–H groups in total. The van der Waals surface area contributed by atoms with Crippen LogP contribution in [0, 0.1) is 0 Å². The van der Waals surface area contributed by atoms with Gasteiger partial charge in [-0.25, -0.2) is 0 Å². The summed E-state index contributed by atoms with van der Waals surface area (Å²) < 4.78 is 5.74. The van der Waals surface area contributed by atoms with Crippen molar-refractivity contribution in [2.24, 2.45) is 0 Å². The van der Waals surface area contributed by atoms with Crippen molar-refractivity contribution in [3.05, 3.63) is 29.8 Å². The molecule has 4 nitrogen and oxygen atoms in total. The summed E-state index contributed by atoms with van der Waals surface area (Å²) in [6, 6.07) is 8.01. The molecule has 0 saturated carbocycles. The number of morpholine rings is 1. The standard InChI is InChI=1S/C17H26N2O2/c1-5-15-6-8-16(9-7-15)18-17(20)14(4)19-10-12(2)21-13(3)11-19/h6-9,12-14H,5,10-11H2,1-4H3,(H,18,20)/p+1/t12-,13-,14-/m1/s1. The van der Waals surface area contributed by atoms with Crippen molar-refractivity contribution < 1.29 is 14.4 Å². The molecule has 4 heteroatoms. The molecule has 1 fully saturated rings. The summed E-state index contributed by atoms with van der Waals surface area (Å²) in [4.78, 5) is 13.7. The third-order valence-corrected chi connectivity index (χ3v) is 4.20. The van der Waals surface area contributed by atoms with E-state index in [2.05, 4.69) is 38.2 Å². The van der Waals surface area contributed by atoms with Gasteiger partial charge in [-0.05, 0) is 44.9 Å². The molecule has 0 aliphatic carbocycles. The molecule has 0 bridgehead atoms. The molecule has 1 heterocycles. The smallest absolute Gasteiger partial charge is 0.282 e. The van der Waals surface area contributed by atoms with Gasteiger partial charge in [-0.15, -0.1) is 0 Å². The van der Waals surface area contributed by atoms with E-state index in [4.69, 9.17) is 4.74 Å². The number of aryl methyl sites for hydroxylation is 1. The molecule has 116 valence electrons. The van der Waals surface area contributed by atoms with Crippen LogP contribution in [-0.2, 0) is 16.0 Å². The first kappa shape index (κ1) is 16.0. The van der Waals surface area contributed by atoms with Crippen LogP contribution in [-0.4, -0.2) is 37.2 Å². The molecule has 0 radical (unpaired) electrons. The number of quaternary nitrogens is 1. The molecule has 3 atom stereocenters. The van der Waals surface area contributed by atoms with Crippen molar-refractivity contribution in [3.63, 3.8) is 0 Å². The van der Waals surface area contributed by atoms with Crippen molar-refractivity contribution in [1.29, 1.82) is 0 Å². The third kappa shape index (κ3) is 4.29. The quantitative estimate of drug-likeness (QED) is 0.877. The first-order chi connectivity index (χ1) is 9.99. The number of ether oxygens (including phenoxy) is 1. The average Bonchev–Trinajstić information content (AvgIpc) is 2.46. The zero-order valence-corrected chi connectivity index (χ0v) is 13.5. The molecule has 0 spiro atoms. The molecular weight excluding hydrogens is 264 g/mol. The average molecular weight is 291 g/mol. The van der Waals surface area contributed by atoms with Crippen LogP contribution < -0.4 is 10.2 Å². The fourth-order valence-electron chi connectivity index (χ4n) is 2.93. The van der Waals surface area contributed by atoms with E-state index in [1.807, 2.05) is 19.1 Å². The fraction of sp³-hybridized carbons (Fsp3) is 0.588. The predicted molar refractivity (Wildman–Crippen MR) is 84.6 cm³/mol. The monoisotopic (exact) mass is 291 g/mol. The molecule has 1 saturated heterocycles. The highest BCUT2D eigenvalue weighted by Gasteiger charge is 2.32. The van der Waals surface area contributed by atoms with E-state index in [0.717, 1.165) is 25.2 Å². The Hall–Kier alpha value is -1.39. The number of rotatable bonds is 4. The first-order valence-corrected chi connectivity index (χ1v) is 7.89. The van der Waals surface area contributed by atoms with E-state index in [9.17, 15) is 4.79 Å². The number of hydrogen-bond donors (Lipinski definition) is 2. The predicted octanol–water partition coefficient (Wildman–Crippen LogP) is 1.27. The highest BCUT2D eigenvalue weighted by molar-refractivity contribution is 5.93. The number of nitrogens with one attached hydrogen (secondary N) is 2. The van der Waals surface area contributed by atoms with Gasteiger partial charge in [0.15, 0.2) is 6.04 Å². The van der Waals surface area contributed by atoms with Crippen LogP contribution in [0.5, 0.6) is 0 Å². The van der Waals surface area contributed by atoms with Gasteiger partial charge in [-0.1, -0.05) is 19.1 Å². The van der Waals surface area contributed by atoms with E-state index in [-0.39, 0.29) is 24.2 Å². The lowest BCUT2D eigenvalue weighted by atomic mass is 10.1. The number of carbonyl (C=O) groups is 1. The Kier molecular flexibility index (Phi) is 5.37. The van der Waals surface area contributed by atoms with Gasteiger partial charge < -0.3 is 15.0 Å². The Balaban J connectivity index is 1.95. The maximum absolute atomic E-state index is 12.4. The first-order valence-electron chi connectivity index (χ1n) is 7.89. The summed E-state index contributed by atoms with van der Waals surface area (Å²) in [5.74, 6) is 0.0792. The minimum atomic E-state index is -0.0651. The van der Waals surface area contributed by atoms with Gasteiger partial charge in [0, 0.05) is 5.69 Å². The van der Waals surface area contributed by atoms with Crippen LogP contribution in [0.3, 0.4) is 0 Å². The fourth-order valence-corrected chi connectivity index (χ4v) is 2.93. The normalized spacial score (nSPS) is 27.1. The van der Waals surface area contributed by atoms with Gasteiger partial charge >= 0.3 is 0 Å². The van der Waals surface area contributed by atoms with Gasteiger partial charge in [0.1, 0.15) is 25.3 Å². The second-order valence-electron chi connectivity index (χ2n) is 6.09. The molecule has 1 aliphatic rings. The van der Waals surface area contributed by atoms with Crippen LogP contribution in [0.1, 0.15) is 33.3 Å².